The number of carbonyl (C=O) groups excluding carboxylic acids is 3. The Morgan fingerprint density at radius 2 is 1.71 bits per heavy atom. The van der Waals surface area contributed by atoms with Crippen molar-refractivity contribution in [3.63, 3.8) is 0 Å². The Morgan fingerprint density at radius 1 is 1.00 bits per heavy atom. The van der Waals surface area contributed by atoms with Crippen LogP contribution in [0.5, 0.6) is 0 Å². The van der Waals surface area contributed by atoms with Gasteiger partial charge in [-0.05, 0) is 74.7 Å². The van der Waals surface area contributed by atoms with E-state index in [1.165, 1.54) is 24.3 Å². The number of fused-ring (bicyclic) bond motifs is 1. The van der Waals surface area contributed by atoms with Gasteiger partial charge in [0.2, 0.25) is 0 Å². The molecule has 0 spiro atoms. The number of barbiturate groups is 1. The first-order valence-corrected chi connectivity index (χ1v) is 12.3. The summed E-state index contributed by atoms with van der Waals surface area (Å²) in [6, 6.07) is 7.20. The summed E-state index contributed by atoms with van der Waals surface area (Å²) in [7, 11) is 0. The second-order valence-corrected chi connectivity index (χ2v) is 10.3. The number of hydrogen-bond acceptors (Lipinski definition) is 4. The van der Waals surface area contributed by atoms with Crippen LogP contribution in [0.2, 0.25) is 15.1 Å². The summed E-state index contributed by atoms with van der Waals surface area (Å²) in [4.78, 5) is 41.6. The maximum Gasteiger partial charge on any atom is 0.335 e. The molecule has 1 fully saturated rings. The van der Waals surface area contributed by atoms with Gasteiger partial charge in [0, 0.05) is 22.8 Å². The smallest absolute Gasteiger partial charge is 0.335 e. The molecule has 6 nitrogen and oxygen atoms in total. The van der Waals surface area contributed by atoms with Crippen molar-refractivity contribution in [2.45, 2.75) is 39.7 Å². The summed E-state index contributed by atoms with van der Waals surface area (Å²) in [6.45, 7) is 9.30. The predicted molar refractivity (Wildman–Crippen MR) is 142 cm³/mol. The molecule has 182 valence electrons. The van der Waals surface area contributed by atoms with Gasteiger partial charge in [0.25, 0.3) is 11.8 Å². The van der Waals surface area contributed by atoms with E-state index in [2.05, 4.69) is 37.1 Å². The maximum atomic E-state index is 13.3. The number of benzene rings is 2. The van der Waals surface area contributed by atoms with Crippen LogP contribution >= 0.6 is 34.8 Å². The second-order valence-electron chi connectivity index (χ2n) is 9.08. The van der Waals surface area contributed by atoms with Crippen LogP contribution in [0.3, 0.4) is 0 Å². The number of hydrogen-bond donors (Lipinski definition) is 1. The van der Waals surface area contributed by atoms with Gasteiger partial charge in [0.1, 0.15) is 5.57 Å². The minimum atomic E-state index is -0.872. The molecule has 4 amide bonds. The molecule has 2 aliphatic rings. The standard InChI is InChI=1S/C26H24Cl3N3O3/c1-5-8-31-22-12-20(28)15(9-17(22)14(2)13-26(31,3)4)10-18-23(33)30-25(35)32(24(18)34)16-6-7-19(27)21(29)11-16/h6-7,9-13H,5,8H2,1-4H3,(H,30,33,35)/b18-10-. The average molecular weight is 533 g/mol. The molecule has 9 heteroatoms. The lowest BCUT2D eigenvalue weighted by Crippen LogP contribution is -2.54. The highest BCUT2D eigenvalue weighted by Crippen LogP contribution is 2.42. The number of amides is 4. The van der Waals surface area contributed by atoms with Crippen molar-refractivity contribution < 1.29 is 14.4 Å². The number of nitrogens with zero attached hydrogens (tertiary/aromatic N) is 2. The van der Waals surface area contributed by atoms with Gasteiger partial charge in [-0.15, -0.1) is 0 Å². The van der Waals surface area contributed by atoms with Gasteiger partial charge in [-0.1, -0.05) is 47.8 Å². The van der Waals surface area contributed by atoms with Crippen LogP contribution < -0.4 is 15.1 Å². The van der Waals surface area contributed by atoms with Gasteiger partial charge in [-0.2, -0.15) is 0 Å². The van der Waals surface area contributed by atoms with Crippen LogP contribution in [0.15, 0.2) is 42.0 Å². The lowest BCUT2D eigenvalue weighted by atomic mass is 9.87. The number of anilines is 2. The molecular weight excluding hydrogens is 509 g/mol. The van der Waals surface area contributed by atoms with Crippen LogP contribution in [0.25, 0.3) is 11.6 Å². The zero-order chi connectivity index (χ0) is 25.7. The Bertz CT molecular complexity index is 1330. The summed E-state index contributed by atoms with van der Waals surface area (Å²) in [6.07, 6.45) is 4.57. The number of rotatable bonds is 4. The highest BCUT2D eigenvalue weighted by atomic mass is 35.5. The first-order valence-electron chi connectivity index (χ1n) is 11.1. The number of urea groups is 1. The number of imide groups is 2. The molecule has 0 saturated carbocycles. The van der Waals surface area contributed by atoms with E-state index in [1.54, 1.807) is 0 Å². The number of allylic oxidation sites excluding steroid dienone is 1. The van der Waals surface area contributed by atoms with E-state index >= 15 is 0 Å². The Balaban J connectivity index is 1.79. The molecule has 0 aliphatic carbocycles. The quantitative estimate of drug-likeness (QED) is 0.350. The fourth-order valence-electron chi connectivity index (χ4n) is 4.53. The molecule has 2 aromatic rings. The summed E-state index contributed by atoms with van der Waals surface area (Å²) in [5.74, 6) is -1.59. The number of nitrogens with one attached hydrogen (secondary N) is 1. The van der Waals surface area contributed by atoms with Gasteiger partial charge in [-0.3, -0.25) is 14.9 Å². The summed E-state index contributed by atoms with van der Waals surface area (Å²) in [5.41, 5.74) is 3.31. The molecular formula is C26H24Cl3N3O3. The minimum absolute atomic E-state index is 0.173. The van der Waals surface area contributed by atoms with Crippen molar-refractivity contribution in [1.29, 1.82) is 0 Å². The molecule has 0 aromatic heterocycles. The molecule has 1 saturated heterocycles. The summed E-state index contributed by atoms with van der Waals surface area (Å²) >= 11 is 18.7. The molecule has 2 aliphatic heterocycles. The average Bonchev–Trinajstić information content (AvgIpc) is 2.76. The normalized spacial score (nSPS) is 18.5. The van der Waals surface area contributed by atoms with Gasteiger partial charge >= 0.3 is 6.03 Å². The topological polar surface area (TPSA) is 69.7 Å². The highest BCUT2D eigenvalue weighted by Gasteiger charge is 2.37. The Kier molecular flexibility index (Phi) is 6.75. The Morgan fingerprint density at radius 3 is 2.37 bits per heavy atom. The molecule has 4 rings (SSSR count). The first kappa shape index (κ1) is 25.3. The molecule has 2 aromatic carbocycles. The molecule has 0 bridgehead atoms. The van der Waals surface area contributed by atoms with E-state index < -0.39 is 17.8 Å². The fourth-order valence-corrected chi connectivity index (χ4v) is 5.03. The van der Waals surface area contributed by atoms with Gasteiger partial charge in [0.05, 0.1) is 21.3 Å². The third-order valence-corrected chi connectivity index (χ3v) is 7.17. The fraction of sp³-hybridized carbons (Fsp3) is 0.269. The van der Waals surface area contributed by atoms with Gasteiger partial charge in [-0.25, -0.2) is 9.69 Å². The molecule has 2 heterocycles. The molecule has 35 heavy (non-hydrogen) atoms. The molecule has 1 N–H and O–H groups in total. The summed E-state index contributed by atoms with van der Waals surface area (Å²) < 4.78 is 0. The maximum absolute atomic E-state index is 13.3. The number of carbonyl (C=O) groups is 3. The predicted octanol–water partition coefficient (Wildman–Crippen LogP) is 6.73. The monoisotopic (exact) mass is 531 g/mol. The van der Waals surface area contributed by atoms with Crippen LogP contribution in [0.1, 0.15) is 45.2 Å². The Labute approximate surface area is 219 Å². The van der Waals surface area contributed by atoms with E-state index in [0.717, 1.165) is 34.7 Å². The third-order valence-electron chi connectivity index (χ3n) is 6.11. The minimum Gasteiger partial charge on any atom is -0.362 e. The van der Waals surface area contributed by atoms with E-state index in [1.807, 2.05) is 19.1 Å². The second kappa shape index (κ2) is 9.34. The van der Waals surface area contributed by atoms with Crippen LogP contribution in [-0.2, 0) is 9.59 Å². The number of halogens is 3. The van der Waals surface area contributed by atoms with Crippen molar-refractivity contribution in [3.8, 4) is 0 Å². The lowest BCUT2D eigenvalue weighted by Gasteiger charge is -2.43. The lowest BCUT2D eigenvalue weighted by molar-refractivity contribution is -0.122. The van der Waals surface area contributed by atoms with E-state index in [-0.39, 0.29) is 26.8 Å². The van der Waals surface area contributed by atoms with Gasteiger partial charge in [0.15, 0.2) is 0 Å². The molecule has 0 unspecified atom stereocenters. The zero-order valence-corrected chi connectivity index (χ0v) is 22.0. The van der Waals surface area contributed by atoms with Gasteiger partial charge < -0.3 is 4.90 Å². The van der Waals surface area contributed by atoms with E-state index in [4.69, 9.17) is 34.8 Å². The molecule has 0 radical (unpaired) electrons. The van der Waals surface area contributed by atoms with Crippen molar-refractivity contribution in [2.75, 3.05) is 16.3 Å². The zero-order valence-electron chi connectivity index (χ0n) is 19.7. The van der Waals surface area contributed by atoms with E-state index in [0.29, 0.717) is 10.6 Å². The van der Waals surface area contributed by atoms with Crippen molar-refractivity contribution in [2.24, 2.45) is 0 Å². The Hall–Kier alpha value is -2.80. The highest BCUT2D eigenvalue weighted by molar-refractivity contribution is 6.43. The summed E-state index contributed by atoms with van der Waals surface area (Å²) in [5, 5.41) is 3.05. The largest absolute Gasteiger partial charge is 0.362 e. The van der Waals surface area contributed by atoms with Crippen molar-refractivity contribution >= 4 is 75.7 Å². The first-order chi connectivity index (χ1) is 16.4. The van der Waals surface area contributed by atoms with Crippen LogP contribution in [0, 0.1) is 0 Å². The third kappa shape index (κ3) is 4.58. The van der Waals surface area contributed by atoms with Crippen LogP contribution in [-0.4, -0.2) is 29.9 Å². The van der Waals surface area contributed by atoms with Crippen LogP contribution in [0.4, 0.5) is 16.2 Å². The van der Waals surface area contributed by atoms with Crippen molar-refractivity contribution in [1.82, 2.24) is 5.32 Å². The SMILES string of the molecule is CCCN1c2cc(Cl)c(/C=C3/C(=O)NC(=O)N(c4ccc(Cl)c(Cl)c4)C3=O)cc2C(C)=CC1(C)C. The molecule has 0 atom stereocenters. The van der Waals surface area contributed by atoms with E-state index in [9.17, 15) is 14.4 Å². The van der Waals surface area contributed by atoms with Crippen molar-refractivity contribution in [3.05, 3.63) is 68.2 Å².